The van der Waals surface area contributed by atoms with Gasteiger partial charge in [-0.2, -0.15) is 0 Å². The second-order valence-electron chi connectivity index (χ2n) is 5.41. The molecular formula is C15H22N4O6. The predicted octanol–water partition coefficient (Wildman–Crippen LogP) is 3.27. The number of nitro benzene ring substituents is 2. The van der Waals surface area contributed by atoms with E-state index in [4.69, 9.17) is 4.74 Å². The van der Waals surface area contributed by atoms with Crippen LogP contribution in [0.15, 0.2) is 6.07 Å². The minimum Gasteiger partial charge on any atom is -0.444 e. The lowest BCUT2D eigenvalue weighted by atomic mass is 10.0. The molecule has 0 aromatic heterocycles. The fourth-order valence-electron chi connectivity index (χ4n) is 2.40. The zero-order valence-electron chi connectivity index (χ0n) is 14.6. The molecule has 0 aliphatic rings. The highest BCUT2D eigenvalue weighted by molar-refractivity contribution is 5.78. The van der Waals surface area contributed by atoms with Crippen molar-refractivity contribution >= 4 is 23.2 Å². The van der Waals surface area contributed by atoms with Gasteiger partial charge in [0.25, 0.3) is 5.69 Å². The molecule has 1 amide bonds. The Morgan fingerprint density at radius 1 is 1.24 bits per heavy atom. The SMILES string of the molecule is CCC(CC)Nc1c([N+](=O)[O-])cc(C)c(COC(=O)NC)c1[N+](=O)[O-]. The molecule has 0 bridgehead atoms. The van der Waals surface area contributed by atoms with Crippen LogP contribution in [0.3, 0.4) is 0 Å². The number of aryl methyl sites for hydroxylation is 1. The van der Waals surface area contributed by atoms with Crippen LogP contribution in [0, 0.1) is 27.2 Å². The number of amides is 1. The molecule has 0 spiro atoms. The van der Waals surface area contributed by atoms with Crippen LogP contribution in [0.2, 0.25) is 0 Å². The maximum absolute atomic E-state index is 11.6. The van der Waals surface area contributed by atoms with E-state index in [2.05, 4.69) is 10.6 Å². The number of alkyl carbamates (subject to hydrolysis) is 1. The summed E-state index contributed by atoms with van der Waals surface area (Å²) in [5.41, 5.74) is -0.558. The van der Waals surface area contributed by atoms with E-state index in [9.17, 15) is 25.0 Å². The molecule has 138 valence electrons. The summed E-state index contributed by atoms with van der Waals surface area (Å²) in [6, 6.07) is 1.09. The first kappa shape index (κ1) is 20.1. The van der Waals surface area contributed by atoms with Crippen LogP contribution >= 0.6 is 0 Å². The van der Waals surface area contributed by atoms with Gasteiger partial charge in [0.1, 0.15) is 6.61 Å². The van der Waals surface area contributed by atoms with Crippen molar-refractivity contribution < 1.29 is 19.4 Å². The van der Waals surface area contributed by atoms with Crippen LogP contribution in [0.4, 0.5) is 21.9 Å². The summed E-state index contributed by atoms with van der Waals surface area (Å²) in [6.45, 7) is 4.89. The number of hydrogen-bond donors (Lipinski definition) is 2. The van der Waals surface area contributed by atoms with Gasteiger partial charge in [-0.15, -0.1) is 0 Å². The summed E-state index contributed by atoms with van der Waals surface area (Å²) in [4.78, 5) is 32.9. The molecule has 0 fully saturated rings. The van der Waals surface area contributed by atoms with Crippen molar-refractivity contribution in [3.63, 3.8) is 0 Å². The summed E-state index contributed by atoms with van der Waals surface area (Å²) in [5, 5.41) is 28.2. The highest BCUT2D eigenvalue weighted by Crippen LogP contribution is 2.40. The van der Waals surface area contributed by atoms with Gasteiger partial charge < -0.3 is 15.4 Å². The molecule has 0 atom stereocenters. The van der Waals surface area contributed by atoms with Crippen molar-refractivity contribution in [2.24, 2.45) is 0 Å². The van der Waals surface area contributed by atoms with Crippen LogP contribution in [-0.2, 0) is 11.3 Å². The third-order valence-electron chi connectivity index (χ3n) is 3.87. The number of hydrogen-bond acceptors (Lipinski definition) is 7. The highest BCUT2D eigenvalue weighted by atomic mass is 16.6. The highest BCUT2D eigenvalue weighted by Gasteiger charge is 2.32. The second-order valence-corrected chi connectivity index (χ2v) is 5.41. The van der Waals surface area contributed by atoms with Crippen LogP contribution in [0.25, 0.3) is 0 Å². The van der Waals surface area contributed by atoms with E-state index in [0.29, 0.717) is 18.4 Å². The molecule has 1 aromatic carbocycles. The Balaban J connectivity index is 3.54. The first-order valence-electron chi connectivity index (χ1n) is 7.82. The van der Waals surface area contributed by atoms with E-state index in [-0.39, 0.29) is 29.6 Å². The molecule has 0 aliphatic carbocycles. The number of nitrogens with one attached hydrogen (secondary N) is 2. The number of carbonyl (C=O) groups excluding carboxylic acids is 1. The number of benzene rings is 1. The lowest BCUT2D eigenvalue weighted by Crippen LogP contribution is -2.21. The summed E-state index contributed by atoms with van der Waals surface area (Å²) < 4.78 is 4.91. The summed E-state index contributed by atoms with van der Waals surface area (Å²) in [6.07, 6.45) is 0.535. The second kappa shape index (κ2) is 8.81. The fraction of sp³-hybridized carbons (Fsp3) is 0.533. The van der Waals surface area contributed by atoms with Crippen molar-refractivity contribution in [3.05, 3.63) is 37.4 Å². The molecule has 0 unspecified atom stereocenters. The lowest BCUT2D eigenvalue weighted by Gasteiger charge is -2.18. The number of anilines is 1. The van der Waals surface area contributed by atoms with Gasteiger partial charge in [0.15, 0.2) is 5.69 Å². The largest absolute Gasteiger partial charge is 0.444 e. The predicted molar refractivity (Wildman–Crippen MR) is 91.7 cm³/mol. The maximum atomic E-state index is 11.6. The van der Waals surface area contributed by atoms with Gasteiger partial charge in [-0.1, -0.05) is 13.8 Å². The van der Waals surface area contributed by atoms with Gasteiger partial charge in [0.2, 0.25) is 0 Å². The van der Waals surface area contributed by atoms with Gasteiger partial charge in [0, 0.05) is 19.2 Å². The van der Waals surface area contributed by atoms with Crippen LogP contribution in [0.5, 0.6) is 0 Å². The van der Waals surface area contributed by atoms with Crippen LogP contribution in [0.1, 0.15) is 37.8 Å². The molecule has 25 heavy (non-hydrogen) atoms. The van der Waals surface area contributed by atoms with Gasteiger partial charge in [0.05, 0.1) is 15.4 Å². The van der Waals surface area contributed by atoms with Crippen molar-refractivity contribution in [3.8, 4) is 0 Å². The molecule has 2 N–H and O–H groups in total. The van der Waals surface area contributed by atoms with Crippen LogP contribution in [-0.4, -0.2) is 29.0 Å². The number of nitrogens with zero attached hydrogens (tertiary/aromatic N) is 2. The molecule has 1 rings (SSSR count). The van der Waals surface area contributed by atoms with Gasteiger partial charge in [-0.3, -0.25) is 20.2 Å². The van der Waals surface area contributed by atoms with E-state index < -0.39 is 21.6 Å². The van der Waals surface area contributed by atoms with Crippen molar-refractivity contribution in [2.45, 2.75) is 46.3 Å². The number of carbonyl (C=O) groups is 1. The van der Waals surface area contributed by atoms with Gasteiger partial charge >= 0.3 is 11.8 Å². The van der Waals surface area contributed by atoms with Crippen molar-refractivity contribution in [1.29, 1.82) is 0 Å². The minimum absolute atomic E-state index is 0.118. The summed E-state index contributed by atoms with van der Waals surface area (Å²) in [7, 11) is 1.36. The van der Waals surface area contributed by atoms with Crippen LogP contribution < -0.4 is 10.6 Å². The molecular weight excluding hydrogens is 332 g/mol. The zero-order valence-corrected chi connectivity index (χ0v) is 14.6. The summed E-state index contributed by atoms with van der Waals surface area (Å²) >= 11 is 0. The van der Waals surface area contributed by atoms with E-state index >= 15 is 0 Å². The molecule has 0 heterocycles. The average Bonchev–Trinajstić information content (AvgIpc) is 2.57. The normalized spacial score (nSPS) is 10.4. The minimum atomic E-state index is -0.749. The molecule has 0 aliphatic heterocycles. The lowest BCUT2D eigenvalue weighted by molar-refractivity contribution is -0.393. The van der Waals surface area contributed by atoms with E-state index in [0.717, 1.165) is 0 Å². The molecule has 10 nitrogen and oxygen atoms in total. The Bertz CT molecular complexity index is 672. The third-order valence-corrected chi connectivity index (χ3v) is 3.87. The molecule has 1 aromatic rings. The zero-order chi connectivity index (χ0) is 19.1. The number of ether oxygens (including phenoxy) is 1. The topological polar surface area (TPSA) is 137 Å². The van der Waals surface area contributed by atoms with Crippen molar-refractivity contribution in [2.75, 3.05) is 12.4 Å². The average molecular weight is 354 g/mol. The fourth-order valence-corrected chi connectivity index (χ4v) is 2.40. The van der Waals surface area contributed by atoms with Gasteiger partial charge in [-0.05, 0) is 25.3 Å². The number of rotatable bonds is 8. The first-order chi connectivity index (χ1) is 11.8. The Morgan fingerprint density at radius 3 is 2.28 bits per heavy atom. The number of nitro groups is 2. The standard InChI is InChI=1S/C15H22N4O6/c1-5-10(6-2)17-13-12(18(21)22)7-9(3)11(14(13)19(23)24)8-25-15(20)16-4/h7,10,17H,5-6,8H2,1-4H3,(H,16,20). The van der Waals surface area contributed by atoms with Crippen molar-refractivity contribution in [1.82, 2.24) is 5.32 Å². The Hall–Kier alpha value is -2.91. The first-order valence-corrected chi connectivity index (χ1v) is 7.82. The maximum Gasteiger partial charge on any atom is 0.407 e. The molecule has 10 heteroatoms. The Kier molecular flexibility index (Phi) is 7.09. The molecule has 0 saturated heterocycles. The quantitative estimate of drug-likeness (QED) is 0.540. The molecule has 0 radical (unpaired) electrons. The van der Waals surface area contributed by atoms with E-state index in [1.807, 2.05) is 13.8 Å². The van der Waals surface area contributed by atoms with E-state index in [1.165, 1.54) is 20.0 Å². The smallest absolute Gasteiger partial charge is 0.407 e. The van der Waals surface area contributed by atoms with Gasteiger partial charge in [-0.25, -0.2) is 4.79 Å². The monoisotopic (exact) mass is 354 g/mol. The van der Waals surface area contributed by atoms with E-state index in [1.54, 1.807) is 0 Å². The summed E-state index contributed by atoms with van der Waals surface area (Å²) in [5.74, 6) is 0. The Labute approximate surface area is 144 Å². The Morgan fingerprint density at radius 2 is 1.84 bits per heavy atom. The molecule has 0 saturated carbocycles. The third kappa shape index (κ3) is 4.78.